The third-order valence-corrected chi connectivity index (χ3v) is 4.46. The van der Waals surface area contributed by atoms with Crippen LogP contribution >= 0.6 is 27.5 Å². The number of hydrogen-bond donors (Lipinski definition) is 2. The van der Waals surface area contributed by atoms with E-state index >= 15 is 0 Å². The number of hydrogen-bond acceptors (Lipinski definition) is 2. The summed E-state index contributed by atoms with van der Waals surface area (Å²) < 4.78 is 6.74. The zero-order valence-corrected chi connectivity index (χ0v) is 14.7. The highest BCUT2D eigenvalue weighted by atomic mass is 79.9. The lowest BCUT2D eigenvalue weighted by atomic mass is 10.0. The highest BCUT2D eigenvalue weighted by Crippen LogP contribution is 2.24. The summed E-state index contributed by atoms with van der Waals surface area (Å²) in [6, 6.07) is 5.86. The number of nitrogens with zero attached hydrogens (tertiary/aromatic N) is 1. The fourth-order valence-electron chi connectivity index (χ4n) is 2.31. The quantitative estimate of drug-likeness (QED) is 0.627. The van der Waals surface area contributed by atoms with Crippen molar-refractivity contribution in [3.63, 3.8) is 0 Å². The van der Waals surface area contributed by atoms with Gasteiger partial charge < -0.3 is 15.4 Å². The van der Waals surface area contributed by atoms with Gasteiger partial charge in [-0.15, -0.1) is 0 Å². The lowest BCUT2D eigenvalue weighted by Gasteiger charge is -2.24. The third kappa shape index (κ3) is 4.87. The topological polar surface area (TPSA) is 45.7 Å². The molecule has 0 aliphatic carbocycles. The number of rotatable bonds is 4. The van der Waals surface area contributed by atoms with Crippen LogP contribution in [0.15, 0.2) is 27.7 Å². The molecule has 116 valence electrons. The molecule has 1 aliphatic rings. The van der Waals surface area contributed by atoms with Crippen LogP contribution in [0.25, 0.3) is 0 Å². The Kier molecular flexibility index (Phi) is 5.90. The SMILES string of the molecule is CN=C(NCc1ccc(Br)cc1Cl)NCC1(C)CCCO1. The van der Waals surface area contributed by atoms with E-state index in [0.29, 0.717) is 6.54 Å². The second-order valence-corrected chi connectivity index (χ2v) is 6.74. The zero-order valence-electron chi connectivity index (χ0n) is 12.4. The van der Waals surface area contributed by atoms with Crippen molar-refractivity contribution >= 4 is 33.5 Å². The Bertz CT molecular complexity index is 516. The summed E-state index contributed by atoms with van der Waals surface area (Å²) in [7, 11) is 1.76. The highest BCUT2D eigenvalue weighted by molar-refractivity contribution is 9.10. The van der Waals surface area contributed by atoms with E-state index in [9.17, 15) is 0 Å². The van der Waals surface area contributed by atoms with Gasteiger partial charge in [0.15, 0.2) is 5.96 Å². The maximum absolute atomic E-state index is 6.21. The molecular formula is C15H21BrClN3O. The molecule has 4 nitrogen and oxygen atoms in total. The molecule has 1 saturated heterocycles. The molecule has 0 amide bonds. The molecule has 0 saturated carbocycles. The minimum atomic E-state index is -0.0904. The van der Waals surface area contributed by atoms with E-state index in [0.717, 1.165) is 47.0 Å². The second kappa shape index (κ2) is 7.47. The summed E-state index contributed by atoms with van der Waals surface area (Å²) in [6.07, 6.45) is 2.20. The molecule has 1 unspecified atom stereocenters. The Morgan fingerprint density at radius 3 is 2.90 bits per heavy atom. The average Bonchev–Trinajstić information content (AvgIpc) is 2.88. The molecule has 0 radical (unpaired) electrons. The van der Waals surface area contributed by atoms with Gasteiger partial charge in [-0.25, -0.2) is 0 Å². The summed E-state index contributed by atoms with van der Waals surface area (Å²) in [5, 5.41) is 7.32. The number of aliphatic imine (C=N–C) groups is 1. The van der Waals surface area contributed by atoms with Crippen molar-refractivity contribution < 1.29 is 4.74 Å². The molecule has 0 spiro atoms. The molecule has 1 aromatic rings. The van der Waals surface area contributed by atoms with Crippen LogP contribution in [0, 0.1) is 0 Å². The van der Waals surface area contributed by atoms with E-state index in [4.69, 9.17) is 16.3 Å². The maximum atomic E-state index is 6.21. The molecule has 21 heavy (non-hydrogen) atoms. The van der Waals surface area contributed by atoms with Crippen LogP contribution in [0.5, 0.6) is 0 Å². The highest BCUT2D eigenvalue weighted by Gasteiger charge is 2.29. The Hall–Kier alpha value is -0.780. The number of ether oxygens (including phenoxy) is 1. The second-order valence-electron chi connectivity index (χ2n) is 5.42. The van der Waals surface area contributed by atoms with Crippen molar-refractivity contribution in [1.29, 1.82) is 0 Å². The number of benzene rings is 1. The summed E-state index contributed by atoms with van der Waals surface area (Å²) in [6.45, 7) is 4.36. The Balaban J connectivity index is 1.85. The van der Waals surface area contributed by atoms with Gasteiger partial charge in [0.25, 0.3) is 0 Å². The zero-order chi connectivity index (χ0) is 15.3. The van der Waals surface area contributed by atoms with Crippen LogP contribution in [0.2, 0.25) is 5.02 Å². The average molecular weight is 375 g/mol. The van der Waals surface area contributed by atoms with Gasteiger partial charge in [-0.3, -0.25) is 4.99 Å². The first-order valence-electron chi connectivity index (χ1n) is 7.05. The van der Waals surface area contributed by atoms with Crippen molar-refractivity contribution in [3.8, 4) is 0 Å². The number of halogens is 2. The number of guanidine groups is 1. The van der Waals surface area contributed by atoms with E-state index < -0.39 is 0 Å². The van der Waals surface area contributed by atoms with E-state index in [1.165, 1.54) is 0 Å². The molecule has 6 heteroatoms. The third-order valence-electron chi connectivity index (χ3n) is 3.62. The molecule has 2 N–H and O–H groups in total. The minimum absolute atomic E-state index is 0.0904. The number of nitrogens with one attached hydrogen (secondary N) is 2. The molecule has 0 bridgehead atoms. The lowest BCUT2D eigenvalue weighted by molar-refractivity contribution is 0.0243. The van der Waals surface area contributed by atoms with Crippen LogP contribution in [-0.2, 0) is 11.3 Å². The van der Waals surface area contributed by atoms with Gasteiger partial charge in [-0.1, -0.05) is 33.6 Å². The first-order chi connectivity index (χ1) is 10.0. The van der Waals surface area contributed by atoms with Gasteiger partial charge >= 0.3 is 0 Å². The fourth-order valence-corrected chi connectivity index (χ4v) is 3.05. The Labute approximate surface area is 139 Å². The Morgan fingerprint density at radius 2 is 2.29 bits per heavy atom. The van der Waals surface area contributed by atoms with Crippen LogP contribution in [0.1, 0.15) is 25.3 Å². The minimum Gasteiger partial charge on any atom is -0.373 e. The maximum Gasteiger partial charge on any atom is 0.191 e. The van der Waals surface area contributed by atoms with Gasteiger partial charge in [-0.2, -0.15) is 0 Å². The smallest absolute Gasteiger partial charge is 0.191 e. The van der Waals surface area contributed by atoms with Gasteiger partial charge in [0.05, 0.1) is 5.60 Å². The molecule has 1 heterocycles. The first-order valence-corrected chi connectivity index (χ1v) is 8.22. The predicted octanol–water partition coefficient (Wildman–Crippen LogP) is 3.34. The van der Waals surface area contributed by atoms with Crippen molar-refractivity contribution in [2.45, 2.75) is 31.9 Å². The van der Waals surface area contributed by atoms with Crippen molar-refractivity contribution in [1.82, 2.24) is 10.6 Å². The van der Waals surface area contributed by atoms with E-state index in [2.05, 4.69) is 38.5 Å². The lowest BCUT2D eigenvalue weighted by Crippen LogP contribution is -2.45. The van der Waals surface area contributed by atoms with Crippen LogP contribution in [0.4, 0.5) is 0 Å². The molecular weight excluding hydrogens is 354 g/mol. The predicted molar refractivity (Wildman–Crippen MR) is 90.9 cm³/mol. The van der Waals surface area contributed by atoms with Gasteiger partial charge in [-0.05, 0) is 37.5 Å². The molecule has 2 rings (SSSR count). The van der Waals surface area contributed by atoms with Crippen molar-refractivity contribution in [2.75, 3.05) is 20.2 Å². The Morgan fingerprint density at radius 1 is 1.48 bits per heavy atom. The van der Waals surface area contributed by atoms with Crippen molar-refractivity contribution in [3.05, 3.63) is 33.3 Å². The van der Waals surface area contributed by atoms with Crippen LogP contribution < -0.4 is 10.6 Å². The monoisotopic (exact) mass is 373 g/mol. The summed E-state index contributed by atoms with van der Waals surface area (Å²) in [5.74, 6) is 0.755. The van der Waals surface area contributed by atoms with Gasteiger partial charge in [0, 0.05) is 36.2 Å². The molecule has 1 aromatic carbocycles. The summed E-state index contributed by atoms with van der Waals surface area (Å²) in [5.41, 5.74) is 0.943. The van der Waals surface area contributed by atoms with Crippen LogP contribution in [-0.4, -0.2) is 31.8 Å². The largest absolute Gasteiger partial charge is 0.373 e. The summed E-state index contributed by atoms with van der Waals surface area (Å²) >= 11 is 9.61. The first kappa shape index (κ1) is 16.6. The molecule has 1 fully saturated rings. The van der Waals surface area contributed by atoms with E-state index in [1.54, 1.807) is 7.05 Å². The molecule has 0 aromatic heterocycles. The van der Waals surface area contributed by atoms with Crippen molar-refractivity contribution in [2.24, 2.45) is 4.99 Å². The van der Waals surface area contributed by atoms with Gasteiger partial charge in [0.2, 0.25) is 0 Å². The van der Waals surface area contributed by atoms with E-state index in [-0.39, 0.29) is 5.60 Å². The fraction of sp³-hybridized carbons (Fsp3) is 0.533. The van der Waals surface area contributed by atoms with Crippen LogP contribution in [0.3, 0.4) is 0 Å². The molecule has 1 aliphatic heterocycles. The van der Waals surface area contributed by atoms with Gasteiger partial charge in [0.1, 0.15) is 0 Å². The summed E-state index contributed by atoms with van der Waals surface area (Å²) in [4.78, 5) is 4.23. The molecule has 1 atom stereocenters. The normalized spacial score (nSPS) is 22.4. The van der Waals surface area contributed by atoms with E-state index in [1.807, 2.05) is 18.2 Å². The standard InChI is InChI=1S/C15H21BrClN3O/c1-15(6-3-7-21-15)10-20-14(18-2)19-9-11-4-5-12(16)8-13(11)17/h4-5,8H,3,6-7,9-10H2,1-2H3,(H2,18,19,20).